The van der Waals surface area contributed by atoms with Gasteiger partial charge in [-0.25, -0.2) is 4.39 Å². The van der Waals surface area contributed by atoms with E-state index < -0.39 is 0 Å². The van der Waals surface area contributed by atoms with Gasteiger partial charge in [-0.3, -0.25) is 9.89 Å². The van der Waals surface area contributed by atoms with E-state index in [0.717, 1.165) is 63.8 Å². The Morgan fingerprint density at radius 1 is 1.29 bits per heavy atom. The van der Waals surface area contributed by atoms with Crippen molar-refractivity contribution in [3.63, 3.8) is 0 Å². The molecule has 0 bridgehead atoms. The second kappa shape index (κ2) is 10.2. The number of nitrogens with zero attached hydrogens (tertiary/aromatic N) is 3. The molecule has 1 aromatic carbocycles. The highest BCUT2D eigenvalue weighted by molar-refractivity contribution is 14.0. The van der Waals surface area contributed by atoms with Gasteiger partial charge in [-0.15, -0.1) is 24.0 Å². The van der Waals surface area contributed by atoms with Gasteiger partial charge in [-0.05, 0) is 31.0 Å². The number of nitrogens with one attached hydrogen (secondary N) is 1. The van der Waals surface area contributed by atoms with Gasteiger partial charge in [-0.1, -0.05) is 19.9 Å². The van der Waals surface area contributed by atoms with Crippen LogP contribution in [-0.2, 0) is 11.3 Å². The van der Waals surface area contributed by atoms with Crippen molar-refractivity contribution < 1.29 is 13.9 Å². The third-order valence-corrected chi connectivity index (χ3v) is 6.99. The van der Waals surface area contributed by atoms with Crippen LogP contribution in [0.15, 0.2) is 23.2 Å². The van der Waals surface area contributed by atoms with E-state index in [4.69, 9.17) is 14.5 Å². The molecule has 2 heterocycles. The summed E-state index contributed by atoms with van der Waals surface area (Å²) in [7, 11) is 1.49. The van der Waals surface area contributed by atoms with Crippen molar-refractivity contribution in [1.29, 1.82) is 0 Å². The first-order valence-electron chi connectivity index (χ1n) is 11.2. The van der Waals surface area contributed by atoms with Crippen LogP contribution in [0.2, 0.25) is 0 Å². The zero-order chi connectivity index (χ0) is 21.3. The average Bonchev–Trinajstić information content (AvgIpc) is 3.19. The Kier molecular flexibility index (Phi) is 8.07. The van der Waals surface area contributed by atoms with E-state index in [1.807, 2.05) is 6.07 Å². The fraction of sp³-hybridized carbons (Fsp3) is 0.696. The summed E-state index contributed by atoms with van der Waals surface area (Å²) in [6, 6.07) is 5.64. The smallest absolute Gasteiger partial charge is 0.194 e. The van der Waals surface area contributed by atoms with Gasteiger partial charge in [0.2, 0.25) is 0 Å². The molecule has 1 aromatic rings. The maximum atomic E-state index is 14.0. The van der Waals surface area contributed by atoms with E-state index in [9.17, 15) is 4.39 Å². The molecule has 3 fully saturated rings. The van der Waals surface area contributed by atoms with E-state index >= 15 is 0 Å². The number of fused-ring (bicyclic) bond motifs is 1. The first-order valence-corrected chi connectivity index (χ1v) is 11.2. The molecular formula is C23H36FIN4O2. The van der Waals surface area contributed by atoms with Crippen LogP contribution in [0.5, 0.6) is 5.75 Å². The highest BCUT2D eigenvalue weighted by atomic mass is 127. The molecule has 2 saturated heterocycles. The lowest BCUT2D eigenvalue weighted by Gasteiger charge is -2.55. The van der Waals surface area contributed by atoms with Gasteiger partial charge in [0.15, 0.2) is 17.5 Å². The minimum absolute atomic E-state index is 0. The number of piperazine rings is 1. The fourth-order valence-electron chi connectivity index (χ4n) is 5.33. The Labute approximate surface area is 202 Å². The number of guanidine groups is 1. The molecule has 1 saturated carbocycles. The summed E-state index contributed by atoms with van der Waals surface area (Å²) in [5.74, 6) is 1.61. The number of ether oxygens (including phenoxy) is 2. The van der Waals surface area contributed by atoms with Crippen molar-refractivity contribution in [3.05, 3.63) is 29.6 Å². The molecule has 0 spiro atoms. The number of hydrogen-bond donors (Lipinski definition) is 1. The Morgan fingerprint density at radius 3 is 2.68 bits per heavy atom. The van der Waals surface area contributed by atoms with Crippen molar-refractivity contribution in [3.8, 4) is 5.75 Å². The van der Waals surface area contributed by atoms with Crippen LogP contribution < -0.4 is 10.1 Å². The van der Waals surface area contributed by atoms with Crippen molar-refractivity contribution in [2.75, 3.05) is 46.4 Å². The quantitative estimate of drug-likeness (QED) is 0.349. The van der Waals surface area contributed by atoms with Crippen LogP contribution in [0, 0.1) is 17.2 Å². The number of halogens is 2. The molecule has 3 aliphatic rings. The number of rotatable bonds is 5. The molecule has 4 rings (SSSR count). The summed E-state index contributed by atoms with van der Waals surface area (Å²) in [6.45, 7) is 12.8. The lowest BCUT2D eigenvalue weighted by molar-refractivity contribution is -0.107. The van der Waals surface area contributed by atoms with Crippen LogP contribution in [0.25, 0.3) is 0 Å². The first-order chi connectivity index (χ1) is 14.4. The van der Waals surface area contributed by atoms with E-state index in [1.54, 1.807) is 12.1 Å². The van der Waals surface area contributed by atoms with Gasteiger partial charge in [-0.2, -0.15) is 0 Å². The average molecular weight is 546 g/mol. The molecule has 0 aromatic heterocycles. The molecule has 1 N–H and O–H groups in total. The molecule has 8 heteroatoms. The SMILES string of the molecule is CCN=C(NC1C2CCOC2C1(C)C)N1CCN(Cc2ccc(OC)c(F)c2)CC1.I. The van der Waals surface area contributed by atoms with E-state index in [0.29, 0.717) is 23.8 Å². The van der Waals surface area contributed by atoms with Crippen molar-refractivity contribution >= 4 is 29.9 Å². The number of methoxy groups -OCH3 is 1. The van der Waals surface area contributed by atoms with Crippen LogP contribution >= 0.6 is 24.0 Å². The van der Waals surface area contributed by atoms with Crippen molar-refractivity contribution in [1.82, 2.24) is 15.1 Å². The standard InChI is InChI=1S/C23H35FN4O2.HI/c1-5-25-22(26-20-17-8-13-30-21(17)23(20,2)3)28-11-9-27(10-12-28)15-16-6-7-19(29-4)18(24)14-16;/h6-7,14,17,20-21H,5,8-13,15H2,1-4H3,(H,25,26);1H. The number of aliphatic imine (C=N–C) groups is 1. The van der Waals surface area contributed by atoms with Gasteiger partial charge >= 0.3 is 0 Å². The lowest BCUT2D eigenvalue weighted by atomic mass is 9.57. The minimum Gasteiger partial charge on any atom is -0.494 e. The molecular weight excluding hydrogens is 510 g/mol. The maximum Gasteiger partial charge on any atom is 0.194 e. The Balaban J connectivity index is 0.00000272. The van der Waals surface area contributed by atoms with Crippen molar-refractivity contribution in [2.45, 2.75) is 45.9 Å². The molecule has 31 heavy (non-hydrogen) atoms. The van der Waals surface area contributed by atoms with Crippen LogP contribution in [0.4, 0.5) is 4.39 Å². The second-order valence-electron chi connectivity index (χ2n) is 9.22. The molecule has 2 aliphatic heterocycles. The summed E-state index contributed by atoms with van der Waals surface area (Å²) in [4.78, 5) is 9.54. The van der Waals surface area contributed by atoms with Gasteiger partial charge in [0, 0.05) is 63.3 Å². The Morgan fingerprint density at radius 2 is 2.03 bits per heavy atom. The van der Waals surface area contributed by atoms with E-state index in [-0.39, 0.29) is 35.2 Å². The molecule has 3 unspecified atom stereocenters. The highest BCUT2D eigenvalue weighted by Gasteiger charge is 2.59. The predicted molar refractivity (Wildman–Crippen MR) is 132 cm³/mol. The molecule has 174 valence electrons. The highest BCUT2D eigenvalue weighted by Crippen LogP contribution is 2.52. The molecule has 0 radical (unpaired) electrons. The third kappa shape index (κ3) is 4.95. The molecule has 3 atom stereocenters. The molecule has 1 aliphatic carbocycles. The van der Waals surface area contributed by atoms with Crippen LogP contribution in [0.3, 0.4) is 0 Å². The van der Waals surface area contributed by atoms with Gasteiger partial charge in [0.05, 0.1) is 13.2 Å². The summed E-state index contributed by atoms with van der Waals surface area (Å²) < 4.78 is 24.9. The zero-order valence-corrected chi connectivity index (χ0v) is 21.4. The van der Waals surface area contributed by atoms with Crippen molar-refractivity contribution in [2.24, 2.45) is 16.3 Å². The summed E-state index contributed by atoms with van der Waals surface area (Å²) in [6.07, 6.45) is 1.51. The van der Waals surface area contributed by atoms with Crippen LogP contribution in [-0.4, -0.2) is 74.3 Å². The van der Waals surface area contributed by atoms with Crippen LogP contribution in [0.1, 0.15) is 32.8 Å². The topological polar surface area (TPSA) is 49.3 Å². The fourth-order valence-corrected chi connectivity index (χ4v) is 5.33. The van der Waals surface area contributed by atoms with Gasteiger partial charge in [0.25, 0.3) is 0 Å². The normalized spacial score (nSPS) is 27.8. The Bertz CT molecular complexity index is 783. The summed E-state index contributed by atoms with van der Waals surface area (Å²) in [5.41, 5.74) is 1.11. The Hall–Kier alpha value is -1.13. The van der Waals surface area contributed by atoms with Gasteiger partial charge < -0.3 is 19.7 Å². The van der Waals surface area contributed by atoms with E-state index in [2.05, 4.69) is 35.9 Å². The number of hydrogen-bond acceptors (Lipinski definition) is 4. The van der Waals surface area contributed by atoms with Gasteiger partial charge in [0.1, 0.15) is 0 Å². The maximum absolute atomic E-state index is 14.0. The lowest BCUT2D eigenvalue weighted by Crippen LogP contribution is -2.68. The minimum atomic E-state index is -0.299. The monoisotopic (exact) mass is 546 g/mol. The molecule has 6 nitrogen and oxygen atoms in total. The third-order valence-electron chi connectivity index (χ3n) is 6.99. The molecule has 0 amide bonds. The largest absolute Gasteiger partial charge is 0.494 e. The zero-order valence-electron chi connectivity index (χ0n) is 19.1. The summed E-state index contributed by atoms with van der Waals surface area (Å²) >= 11 is 0. The van der Waals surface area contributed by atoms with E-state index in [1.165, 1.54) is 7.11 Å². The summed E-state index contributed by atoms with van der Waals surface area (Å²) in [5, 5.41) is 3.78. The second-order valence-corrected chi connectivity index (χ2v) is 9.22. The first kappa shape index (κ1) is 24.5. The number of benzene rings is 1. The predicted octanol–water partition coefficient (Wildman–Crippen LogP) is 3.35.